The van der Waals surface area contributed by atoms with Crippen LogP contribution in [-0.2, 0) is 0 Å². The Morgan fingerprint density at radius 3 is 2.93 bits per heavy atom. The third-order valence-corrected chi connectivity index (χ3v) is 2.51. The second-order valence-corrected chi connectivity index (χ2v) is 4.00. The number of hydrogen-bond donors (Lipinski definition) is 0. The quantitative estimate of drug-likeness (QED) is 0.686. The number of fused-ring (bicyclic) bond motifs is 1. The van der Waals surface area contributed by atoms with Crippen LogP contribution in [-0.4, -0.2) is 0 Å². The molecule has 0 radical (unpaired) electrons. The molecule has 0 N–H and O–H groups in total. The Bertz CT molecular complexity index is 559. The molecule has 0 unspecified atom stereocenters. The summed E-state index contributed by atoms with van der Waals surface area (Å²) in [6, 6.07) is 1.93. The summed E-state index contributed by atoms with van der Waals surface area (Å²) in [5, 5.41) is 0.993. The van der Waals surface area contributed by atoms with Gasteiger partial charge in [0.25, 0.3) is 0 Å². The lowest BCUT2D eigenvalue weighted by atomic mass is 10.1. The fraction of sp³-hybridized carbons (Fsp3) is 0.308. The summed E-state index contributed by atoms with van der Waals surface area (Å²) in [4.78, 5) is 11.6. The van der Waals surface area contributed by atoms with E-state index in [1.165, 1.54) is 0 Å². The Morgan fingerprint density at radius 2 is 2.20 bits per heavy atom. The van der Waals surface area contributed by atoms with Crippen molar-refractivity contribution in [2.45, 2.75) is 26.2 Å². The fourth-order valence-electron chi connectivity index (χ4n) is 1.63. The van der Waals surface area contributed by atoms with E-state index in [0.29, 0.717) is 5.42 Å². The monoisotopic (exact) mass is 202 g/mol. The van der Waals surface area contributed by atoms with Gasteiger partial charge < -0.3 is 4.42 Å². The van der Waals surface area contributed by atoms with Gasteiger partial charge in [0.15, 0.2) is 0 Å². The molecule has 2 heteroatoms. The molecule has 0 aromatic carbocycles. The number of hydrogen-bond acceptors (Lipinski definition) is 2. The largest absolute Gasteiger partial charge is 0.423 e. The molecule has 1 aromatic rings. The molecule has 2 nitrogen and oxygen atoms in total. The first-order chi connectivity index (χ1) is 7.18. The highest BCUT2D eigenvalue weighted by molar-refractivity contribution is 5.42. The summed E-state index contributed by atoms with van der Waals surface area (Å²) in [6.45, 7) is 3.99. The van der Waals surface area contributed by atoms with E-state index in [0.717, 1.165) is 17.2 Å². The molecule has 0 saturated carbocycles. The van der Waals surface area contributed by atoms with E-state index < -0.39 is 0 Å². The zero-order chi connectivity index (χ0) is 10.8. The smallest absolute Gasteiger partial charge is 0.339 e. The van der Waals surface area contributed by atoms with Crippen molar-refractivity contribution in [2.24, 2.45) is 0 Å². The molecule has 0 saturated heterocycles. The lowest BCUT2D eigenvalue weighted by Gasteiger charge is -2.01. The molecular weight excluding hydrogens is 188 g/mol. The Morgan fingerprint density at radius 1 is 1.40 bits per heavy atom. The standard InChI is InChI=1S/C13H14O2/c1-9(2)11-8-10-6-4-3-5-7-12(10)15-13(11)14/h3-4,6-9H,5H2,1-2H3. The van der Waals surface area contributed by atoms with Crippen molar-refractivity contribution >= 4 is 12.2 Å². The first-order valence-electron chi connectivity index (χ1n) is 5.19. The van der Waals surface area contributed by atoms with Crippen LogP contribution in [0.1, 0.15) is 31.7 Å². The zero-order valence-corrected chi connectivity index (χ0v) is 8.99. The highest BCUT2D eigenvalue weighted by atomic mass is 16.4. The second kappa shape index (κ2) is 3.89. The molecule has 0 spiro atoms. The Labute approximate surface area is 88.2 Å². The third-order valence-electron chi connectivity index (χ3n) is 2.51. The summed E-state index contributed by atoms with van der Waals surface area (Å²) in [5.41, 5.74) is 1.22. The van der Waals surface area contributed by atoms with Crippen LogP contribution in [0.5, 0.6) is 0 Å². The minimum absolute atomic E-state index is 0.201. The van der Waals surface area contributed by atoms with Gasteiger partial charge in [-0.05, 0) is 24.5 Å². The lowest BCUT2D eigenvalue weighted by Crippen LogP contribution is -2.31. The second-order valence-electron chi connectivity index (χ2n) is 4.00. The van der Waals surface area contributed by atoms with Crippen molar-refractivity contribution in [3.05, 3.63) is 44.8 Å². The minimum Gasteiger partial charge on any atom is -0.423 e. The van der Waals surface area contributed by atoms with Gasteiger partial charge in [0.05, 0.1) is 0 Å². The number of allylic oxidation sites excluding steroid dienone is 2. The Balaban J connectivity index is 2.78. The van der Waals surface area contributed by atoms with E-state index in [-0.39, 0.29) is 11.5 Å². The van der Waals surface area contributed by atoms with E-state index in [1.54, 1.807) is 0 Å². The molecule has 0 fully saturated rings. The zero-order valence-electron chi connectivity index (χ0n) is 8.99. The minimum atomic E-state index is -0.213. The van der Waals surface area contributed by atoms with E-state index >= 15 is 0 Å². The van der Waals surface area contributed by atoms with Gasteiger partial charge >= 0.3 is 5.63 Å². The predicted octanol–water partition coefficient (Wildman–Crippen LogP) is 1.28. The fourth-order valence-corrected chi connectivity index (χ4v) is 1.63. The van der Waals surface area contributed by atoms with Gasteiger partial charge in [-0.1, -0.05) is 32.1 Å². The summed E-state index contributed by atoms with van der Waals surface area (Å²) in [5.74, 6) is 0.201. The molecular formula is C13H14O2. The van der Waals surface area contributed by atoms with E-state index in [2.05, 4.69) is 0 Å². The molecule has 15 heavy (non-hydrogen) atoms. The van der Waals surface area contributed by atoms with Crippen molar-refractivity contribution in [1.29, 1.82) is 0 Å². The van der Waals surface area contributed by atoms with Crippen LogP contribution in [0.25, 0.3) is 12.2 Å². The average Bonchev–Trinajstić information content (AvgIpc) is 2.40. The maximum atomic E-state index is 11.6. The maximum Gasteiger partial charge on any atom is 0.339 e. The van der Waals surface area contributed by atoms with Gasteiger partial charge in [-0.3, -0.25) is 0 Å². The van der Waals surface area contributed by atoms with Crippen LogP contribution in [0.2, 0.25) is 0 Å². The SMILES string of the molecule is CC(C)c1cc2c(oc1=O)=CCC=CC=2. The molecule has 2 rings (SSSR count). The maximum absolute atomic E-state index is 11.6. The van der Waals surface area contributed by atoms with Gasteiger partial charge in [0.1, 0.15) is 5.42 Å². The molecule has 0 bridgehead atoms. The Kier molecular flexibility index (Phi) is 2.58. The molecule has 1 aliphatic rings. The molecule has 0 aliphatic heterocycles. The molecule has 1 aliphatic carbocycles. The highest BCUT2D eigenvalue weighted by Gasteiger charge is 2.06. The summed E-state index contributed by atoms with van der Waals surface area (Å²) >= 11 is 0. The van der Waals surface area contributed by atoms with Crippen molar-refractivity contribution < 1.29 is 4.42 Å². The summed E-state index contributed by atoms with van der Waals surface area (Å²) < 4.78 is 5.29. The molecule has 1 aromatic heterocycles. The van der Waals surface area contributed by atoms with Gasteiger partial charge in [0, 0.05) is 10.8 Å². The van der Waals surface area contributed by atoms with Gasteiger partial charge in [-0.2, -0.15) is 0 Å². The molecule has 78 valence electrons. The first kappa shape index (κ1) is 9.97. The van der Waals surface area contributed by atoms with Crippen molar-refractivity contribution in [1.82, 2.24) is 0 Å². The third kappa shape index (κ3) is 1.94. The van der Waals surface area contributed by atoms with Gasteiger partial charge in [-0.15, -0.1) is 0 Å². The summed E-state index contributed by atoms with van der Waals surface area (Å²) in [6.07, 6.45) is 8.75. The lowest BCUT2D eigenvalue weighted by molar-refractivity contribution is 0.461. The van der Waals surface area contributed by atoms with Crippen LogP contribution in [0.3, 0.4) is 0 Å². The Hall–Kier alpha value is -1.57. The van der Waals surface area contributed by atoms with Crippen LogP contribution in [0.15, 0.2) is 27.4 Å². The van der Waals surface area contributed by atoms with Crippen LogP contribution >= 0.6 is 0 Å². The van der Waals surface area contributed by atoms with Crippen molar-refractivity contribution in [3.8, 4) is 0 Å². The van der Waals surface area contributed by atoms with Crippen molar-refractivity contribution in [3.63, 3.8) is 0 Å². The van der Waals surface area contributed by atoms with Crippen LogP contribution < -0.4 is 16.3 Å². The predicted molar refractivity (Wildman–Crippen MR) is 61.0 cm³/mol. The van der Waals surface area contributed by atoms with Gasteiger partial charge in [-0.25, -0.2) is 4.79 Å². The number of rotatable bonds is 1. The molecule has 0 amide bonds. The normalized spacial score (nSPS) is 14.1. The molecule has 1 heterocycles. The summed E-state index contributed by atoms with van der Waals surface area (Å²) in [7, 11) is 0. The topological polar surface area (TPSA) is 30.2 Å². The molecule has 0 atom stereocenters. The highest BCUT2D eigenvalue weighted by Crippen LogP contribution is 2.05. The van der Waals surface area contributed by atoms with Crippen molar-refractivity contribution in [2.75, 3.05) is 0 Å². The van der Waals surface area contributed by atoms with E-state index in [1.807, 2.05) is 44.2 Å². The van der Waals surface area contributed by atoms with E-state index in [4.69, 9.17) is 4.42 Å². The average molecular weight is 202 g/mol. The van der Waals surface area contributed by atoms with Gasteiger partial charge in [0.2, 0.25) is 0 Å². The van der Waals surface area contributed by atoms with E-state index in [9.17, 15) is 4.79 Å². The van der Waals surface area contributed by atoms with Crippen LogP contribution in [0.4, 0.5) is 0 Å². The van der Waals surface area contributed by atoms with Crippen LogP contribution in [0, 0.1) is 0 Å². The first-order valence-corrected chi connectivity index (χ1v) is 5.19.